The molecule has 1 unspecified atom stereocenters. The van der Waals surface area contributed by atoms with Crippen LogP contribution in [0.5, 0.6) is 11.9 Å². The van der Waals surface area contributed by atoms with Crippen LogP contribution in [0.4, 0.5) is 11.5 Å². The molecular weight excluding hydrogens is 510 g/mol. The number of nitrogens with two attached hydrogens (primary N) is 1. The molecule has 1 amide bonds. The molecule has 0 saturated heterocycles. The van der Waals surface area contributed by atoms with Crippen LogP contribution in [0.15, 0.2) is 48.7 Å². The zero-order chi connectivity index (χ0) is 28.1. The van der Waals surface area contributed by atoms with Crippen LogP contribution in [0, 0.1) is 5.92 Å². The third-order valence-electron chi connectivity index (χ3n) is 7.89. The zero-order valence-corrected chi connectivity index (χ0v) is 22.7. The number of carboxylic acid groups (broad SMARTS) is 1. The van der Waals surface area contributed by atoms with E-state index in [9.17, 15) is 9.59 Å². The van der Waals surface area contributed by atoms with Crippen molar-refractivity contribution in [1.82, 2.24) is 15.0 Å². The van der Waals surface area contributed by atoms with E-state index in [2.05, 4.69) is 34.0 Å². The summed E-state index contributed by atoms with van der Waals surface area (Å²) in [6.45, 7) is 2.96. The number of pyridine rings is 1. The number of aromatic nitrogens is 3. The number of fused-ring (bicyclic) bond motifs is 1. The SMILES string of the molecule is CCC(COc1nc(N)c2c(n1)OCCN(c1ccc(C3CCC(CC(=O)O)CC3)cc1)C2=O)c1ccccn1. The van der Waals surface area contributed by atoms with Crippen molar-refractivity contribution in [2.24, 2.45) is 5.92 Å². The van der Waals surface area contributed by atoms with Gasteiger partial charge in [0.15, 0.2) is 0 Å². The Morgan fingerprint density at radius 1 is 1.15 bits per heavy atom. The molecular formula is C30H35N5O5. The van der Waals surface area contributed by atoms with Gasteiger partial charge < -0.3 is 25.2 Å². The topological polar surface area (TPSA) is 141 Å². The summed E-state index contributed by atoms with van der Waals surface area (Å²) in [4.78, 5) is 39.3. The fourth-order valence-corrected chi connectivity index (χ4v) is 5.60. The lowest BCUT2D eigenvalue weighted by molar-refractivity contribution is -0.138. The van der Waals surface area contributed by atoms with Crippen molar-refractivity contribution in [3.63, 3.8) is 0 Å². The highest BCUT2D eigenvalue weighted by Gasteiger charge is 2.31. The van der Waals surface area contributed by atoms with Crippen molar-refractivity contribution in [3.8, 4) is 11.9 Å². The average molecular weight is 546 g/mol. The lowest BCUT2D eigenvalue weighted by Gasteiger charge is -2.28. The predicted molar refractivity (Wildman–Crippen MR) is 150 cm³/mol. The van der Waals surface area contributed by atoms with E-state index in [0.29, 0.717) is 19.1 Å². The second kappa shape index (κ2) is 12.3. The van der Waals surface area contributed by atoms with Crippen LogP contribution in [0.3, 0.4) is 0 Å². The minimum atomic E-state index is -0.721. The summed E-state index contributed by atoms with van der Waals surface area (Å²) >= 11 is 0. The van der Waals surface area contributed by atoms with Crippen LogP contribution < -0.4 is 20.1 Å². The number of aliphatic carboxylic acids is 1. The Morgan fingerprint density at radius 3 is 2.60 bits per heavy atom. The van der Waals surface area contributed by atoms with Crippen LogP contribution in [-0.2, 0) is 4.79 Å². The minimum absolute atomic E-state index is 0.0116. The van der Waals surface area contributed by atoms with Crippen molar-refractivity contribution in [2.75, 3.05) is 30.4 Å². The molecule has 10 heteroatoms. The van der Waals surface area contributed by atoms with Crippen LogP contribution in [0.25, 0.3) is 0 Å². The van der Waals surface area contributed by atoms with Gasteiger partial charge in [-0.25, -0.2) is 0 Å². The highest BCUT2D eigenvalue weighted by molar-refractivity contribution is 6.10. The Morgan fingerprint density at radius 2 is 1.93 bits per heavy atom. The summed E-state index contributed by atoms with van der Waals surface area (Å²) in [7, 11) is 0. The number of rotatable bonds is 9. The molecule has 5 rings (SSSR count). The molecule has 0 bridgehead atoms. The highest BCUT2D eigenvalue weighted by Crippen LogP contribution is 2.38. The fraction of sp³-hybridized carbons (Fsp3) is 0.433. The normalized spacial score (nSPS) is 19.7. The van der Waals surface area contributed by atoms with Crippen molar-refractivity contribution in [3.05, 3.63) is 65.5 Å². The summed E-state index contributed by atoms with van der Waals surface area (Å²) < 4.78 is 11.7. The molecule has 3 aromatic rings. The maximum absolute atomic E-state index is 13.6. The first-order valence-corrected chi connectivity index (χ1v) is 13.9. The van der Waals surface area contributed by atoms with E-state index < -0.39 is 5.97 Å². The first-order valence-electron chi connectivity index (χ1n) is 13.9. The first kappa shape index (κ1) is 27.4. The van der Waals surface area contributed by atoms with Crippen molar-refractivity contribution in [2.45, 2.75) is 57.3 Å². The molecule has 1 aliphatic carbocycles. The molecule has 2 aliphatic rings. The van der Waals surface area contributed by atoms with Gasteiger partial charge in [0.1, 0.15) is 18.0 Å². The third-order valence-corrected chi connectivity index (χ3v) is 7.89. The number of nitrogen functional groups attached to an aromatic ring is 1. The van der Waals surface area contributed by atoms with Crippen LogP contribution in [0.2, 0.25) is 0 Å². The second-order valence-corrected chi connectivity index (χ2v) is 10.5. The van der Waals surface area contributed by atoms with Crippen LogP contribution >= 0.6 is 0 Å². The average Bonchev–Trinajstić information content (AvgIpc) is 3.13. The molecule has 1 aromatic carbocycles. The third kappa shape index (κ3) is 6.16. The Hall–Kier alpha value is -4.21. The van der Waals surface area contributed by atoms with Crippen molar-refractivity contribution in [1.29, 1.82) is 0 Å². The molecule has 210 valence electrons. The van der Waals surface area contributed by atoms with Gasteiger partial charge in [-0.3, -0.25) is 14.6 Å². The number of carbonyl (C=O) groups is 2. The Bertz CT molecular complexity index is 1330. The standard InChI is InChI=1S/C30H35N5O5/c1-2-20(24-5-3-4-14-32-24)18-40-30-33-27(31)26-28(34-30)39-16-15-35(29(26)38)23-12-10-22(11-13-23)21-8-6-19(7-9-21)17-25(36)37/h3-5,10-14,19-21H,2,6-9,15-18H2,1H3,(H,36,37)(H2,31,33,34). The van der Waals surface area contributed by atoms with Crippen molar-refractivity contribution >= 4 is 23.4 Å². The van der Waals surface area contributed by atoms with Gasteiger partial charge in [-0.2, -0.15) is 9.97 Å². The maximum Gasteiger partial charge on any atom is 0.321 e. The van der Waals surface area contributed by atoms with Gasteiger partial charge in [-0.1, -0.05) is 25.1 Å². The molecule has 1 fully saturated rings. The molecule has 2 aromatic heterocycles. The van der Waals surface area contributed by atoms with Crippen LogP contribution in [-0.4, -0.2) is 51.7 Å². The van der Waals surface area contributed by atoms with E-state index in [1.54, 1.807) is 11.1 Å². The number of carboxylic acids is 1. The Balaban J connectivity index is 1.26. The van der Waals surface area contributed by atoms with Crippen LogP contribution in [0.1, 0.15) is 78.9 Å². The second-order valence-electron chi connectivity index (χ2n) is 10.5. The van der Waals surface area contributed by atoms with E-state index in [1.165, 1.54) is 5.56 Å². The molecule has 0 radical (unpaired) electrons. The van der Waals surface area contributed by atoms with E-state index in [4.69, 9.17) is 20.3 Å². The quantitative estimate of drug-likeness (QED) is 0.387. The predicted octanol–water partition coefficient (Wildman–Crippen LogP) is 4.81. The molecule has 3 N–H and O–H groups in total. The number of carbonyl (C=O) groups excluding carboxylic acids is 1. The monoisotopic (exact) mass is 545 g/mol. The van der Waals surface area contributed by atoms with E-state index >= 15 is 0 Å². The number of hydrogen-bond donors (Lipinski definition) is 2. The summed E-state index contributed by atoms with van der Waals surface area (Å²) in [5, 5.41) is 9.06. The van der Waals surface area contributed by atoms with E-state index in [1.807, 2.05) is 30.3 Å². The fourth-order valence-electron chi connectivity index (χ4n) is 5.60. The number of amides is 1. The van der Waals surface area contributed by atoms with Gasteiger partial charge in [0.05, 0.1) is 13.2 Å². The largest absolute Gasteiger partial charge is 0.481 e. The minimum Gasteiger partial charge on any atom is -0.481 e. The Labute approximate surface area is 233 Å². The lowest BCUT2D eigenvalue weighted by Crippen LogP contribution is -2.32. The summed E-state index contributed by atoms with van der Waals surface area (Å²) in [6, 6.07) is 13.8. The van der Waals surface area contributed by atoms with Gasteiger partial charge in [0, 0.05) is 29.9 Å². The lowest BCUT2D eigenvalue weighted by atomic mass is 9.77. The van der Waals surface area contributed by atoms with Gasteiger partial charge in [-0.15, -0.1) is 0 Å². The van der Waals surface area contributed by atoms with Gasteiger partial charge >= 0.3 is 12.0 Å². The first-order chi connectivity index (χ1) is 19.4. The molecule has 0 spiro atoms. The smallest absolute Gasteiger partial charge is 0.321 e. The maximum atomic E-state index is 13.6. The molecule has 10 nitrogen and oxygen atoms in total. The Kier molecular flexibility index (Phi) is 8.42. The number of anilines is 2. The van der Waals surface area contributed by atoms with Gasteiger partial charge in [0.25, 0.3) is 5.91 Å². The number of hydrogen-bond acceptors (Lipinski definition) is 8. The summed E-state index contributed by atoms with van der Waals surface area (Å²) in [6.07, 6.45) is 6.61. The summed E-state index contributed by atoms with van der Waals surface area (Å²) in [5.41, 5.74) is 9.24. The highest BCUT2D eigenvalue weighted by atomic mass is 16.5. The molecule has 1 saturated carbocycles. The van der Waals surface area contributed by atoms with E-state index in [-0.39, 0.29) is 54.0 Å². The zero-order valence-electron chi connectivity index (χ0n) is 22.7. The molecule has 1 aliphatic heterocycles. The molecule has 3 heterocycles. The van der Waals surface area contributed by atoms with Gasteiger partial charge in [-0.05, 0) is 73.8 Å². The van der Waals surface area contributed by atoms with E-state index in [0.717, 1.165) is 43.5 Å². The number of nitrogens with zero attached hydrogens (tertiary/aromatic N) is 4. The molecule has 40 heavy (non-hydrogen) atoms. The molecule has 1 atom stereocenters. The van der Waals surface area contributed by atoms with Crippen molar-refractivity contribution < 1.29 is 24.2 Å². The number of benzene rings is 1. The number of ether oxygens (including phenoxy) is 2. The van der Waals surface area contributed by atoms with Gasteiger partial charge in [0.2, 0.25) is 5.88 Å². The summed E-state index contributed by atoms with van der Waals surface area (Å²) in [5.74, 6) is -0.191.